The van der Waals surface area contributed by atoms with Gasteiger partial charge in [-0.25, -0.2) is 97.9 Å². The van der Waals surface area contributed by atoms with E-state index in [1.54, 1.807) is 36.8 Å². The summed E-state index contributed by atoms with van der Waals surface area (Å²) in [6, 6.07) is 26.9. The van der Waals surface area contributed by atoms with Crippen molar-refractivity contribution in [2.75, 3.05) is 158 Å². The first-order chi connectivity index (χ1) is 66.8. The van der Waals surface area contributed by atoms with Crippen molar-refractivity contribution in [3.05, 3.63) is 120 Å². The highest BCUT2D eigenvalue weighted by atomic mass is 16.7. The third kappa shape index (κ3) is 34.9. The summed E-state index contributed by atoms with van der Waals surface area (Å²) in [5.74, 6) is 1.57. The average Bonchev–Trinajstić information content (AvgIpc) is 1.63. The fourth-order valence-corrected chi connectivity index (χ4v) is 16.9. The predicted octanol–water partition coefficient (Wildman–Crippen LogP) is 7.45. The number of fused-ring (bicyclic) bond motifs is 5. The molecular weight excluding hydrogens is 1780 g/mol. The van der Waals surface area contributed by atoms with Crippen molar-refractivity contribution in [3.63, 3.8) is 0 Å². The summed E-state index contributed by atoms with van der Waals surface area (Å²) in [6.45, 7) is 17.7. The Bertz CT molecular complexity index is 4320. The smallest absolute Gasteiger partial charge is 0.234 e. The van der Waals surface area contributed by atoms with E-state index in [-0.39, 0.29) is 171 Å². The van der Waals surface area contributed by atoms with Crippen LogP contribution < -0.4 is 0 Å². The lowest BCUT2D eigenvalue weighted by Crippen LogP contribution is -2.36. The molecule has 0 amide bonds. The quantitative estimate of drug-likeness (QED) is 0.0235. The molecule has 28 atom stereocenters. The number of isocyanates is 10. The Hall–Kier alpha value is -10.00. The molecule has 14 rings (SSSR count). The van der Waals surface area contributed by atoms with Crippen LogP contribution in [0.2, 0.25) is 0 Å². The van der Waals surface area contributed by atoms with E-state index in [9.17, 15) is 47.9 Å². The van der Waals surface area contributed by atoms with Gasteiger partial charge in [-0.1, -0.05) is 74.5 Å². The van der Waals surface area contributed by atoms with Gasteiger partial charge in [0.15, 0.2) is 0 Å². The summed E-state index contributed by atoms with van der Waals surface area (Å²) >= 11 is 0. The van der Waals surface area contributed by atoms with Crippen molar-refractivity contribution in [1.29, 1.82) is 0 Å². The van der Waals surface area contributed by atoms with Crippen LogP contribution in [0.15, 0.2) is 156 Å². The summed E-state index contributed by atoms with van der Waals surface area (Å²) in [6.07, 6.45) is 17.9. The summed E-state index contributed by atoms with van der Waals surface area (Å²) in [7, 11) is 0. The number of aliphatic imine (C=N–C) groups is 10. The van der Waals surface area contributed by atoms with Crippen LogP contribution >= 0.6 is 0 Å². The highest BCUT2D eigenvalue weighted by Crippen LogP contribution is 2.41. The number of rotatable bonds is 54. The predicted molar refractivity (Wildman–Crippen MR) is 471 cm³/mol. The zero-order valence-corrected chi connectivity index (χ0v) is 76.6. The average molecular weight is 1900 g/mol. The Morgan fingerprint density at radius 1 is 0.272 bits per heavy atom. The minimum Gasteiger partial charge on any atom is -0.467 e. The first kappa shape index (κ1) is 108. The Kier molecular flexibility index (Phi) is 49.3. The molecule has 42 heteroatoms. The lowest BCUT2D eigenvalue weighted by atomic mass is 10.0. The minimum absolute atomic E-state index is 0.0434. The molecule has 4 aromatic rings. The highest BCUT2D eigenvalue weighted by Gasteiger charge is 2.55. The van der Waals surface area contributed by atoms with Gasteiger partial charge in [0.1, 0.15) is 146 Å². The van der Waals surface area contributed by atoms with Crippen LogP contribution in [0.4, 0.5) is 0 Å². The van der Waals surface area contributed by atoms with Gasteiger partial charge in [-0.3, -0.25) is 0 Å². The molecule has 10 aliphatic rings. The zero-order chi connectivity index (χ0) is 96.1. The molecule has 10 fully saturated rings. The topological polar surface area (TPSA) is 505 Å². The SMILES string of the molecule is CC(CCN=C=O)O[C@H]1COC2C1OC[C@@H]2OC(C)CCN=C=O.CC(CN=C=O)CO[C@H]1COC2C1OC[C@@H]2OCC(C)CN=C=O.O=C=NCCC(O[C@H]1COC2C1OC[C@@H]2OC(CCN=C=O)c1ccccc1)c1ccccc1.O=C=NCCC(O[C@H]1COC2C1OC[C@@H]2OC(CCN=C=O)c1ccco1)c1ccco1.O=C=NCCCO[C@H]1COC2C1OC[C@@H]2OCCCN=C=O. The number of hydrogen-bond acceptors (Lipinski definition) is 42. The molecule has 0 saturated carbocycles. The Labute approximate surface area is 786 Å². The van der Waals surface area contributed by atoms with E-state index in [2.05, 4.69) is 49.9 Å². The van der Waals surface area contributed by atoms with Gasteiger partial charge in [-0.2, -0.15) is 0 Å². The van der Waals surface area contributed by atoms with Crippen LogP contribution in [-0.4, -0.2) is 353 Å². The molecule has 0 aliphatic carbocycles. The van der Waals surface area contributed by atoms with Crippen LogP contribution in [0.1, 0.15) is 126 Å². The molecule has 2 aromatic carbocycles. The summed E-state index contributed by atoms with van der Waals surface area (Å²) in [4.78, 5) is 138. The lowest BCUT2D eigenvalue weighted by molar-refractivity contribution is -0.0954. The number of nitrogens with zero attached hydrogens (tertiary/aromatic N) is 10. The first-order valence-corrected chi connectivity index (χ1v) is 45.9. The molecule has 0 radical (unpaired) electrons. The lowest BCUT2D eigenvalue weighted by Gasteiger charge is -2.25. The van der Waals surface area contributed by atoms with Crippen molar-refractivity contribution < 1.29 is 152 Å². The first-order valence-electron chi connectivity index (χ1n) is 45.9. The number of ether oxygens (including phenoxy) is 20. The van der Waals surface area contributed by atoms with Gasteiger partial charge >= 0.3 is 0 Å². The fraction of sp³-hybridized carbons (Fsp3) is 0.681. The zero-order valence-electron chi connectivity index (χ0n) is 76.6. The van der Waals surface area contributed by atoms with Crippen molar-refractivity contribution >= 4 is 60.8 Å². The number of carbonyl (C=O) groups excluding carboxylic acids is 10. The maximum absolute atomic E-state index is 10.5. The van der Waals surface area contributed by atoms with Crippen molar-refractivity contribution in [1.82, 2.24) is 0 Å². The molecule has 2 aromatic heterocycles. The molecule has 10 aliphatic heterocycles. The maximum Gasteiger partial charge on any atom is 0.234 e. The van der Waals surface area contributed by atoms with Gasteiger partial charge in [-0.15, -0.1) is 0 Å². The van der Waals surface area contributed by atoms with Gasteiger partial charge in [0.2, 0.25) is 60.8 Å². The highest BCUT2D eigenvalue weighted by molar-refractivity contribution is 5.36. The van der Waals surface area contributed by atoms with Crippen molar-refractivity contribution in [3.8, 4) is 0 Å². The van der Waals surface area contributed by atoms with Gasteiger partial charge in [0.05, 0.1) is 182 Å². The fourth-order valence-electron chi connectivity index (χ4n) is 16.9. The van der Waals surface area contributed by atoms with Gasteiger partial charge in [0, 0.05) is 26.1 Å². The molecule has 136 heavy (non-hydrogen) atoms. The third-order valence-electron chi connectivity index (χ3n) is 23.5. The molecular formula is C94H120N10O32. The molecule has 0 spiro atoms. The number of benzene rings is 2. The molecule has 738 valence electrons. The van der Waals surface area contributed by atoms with E-state index in [4.69, 9.17) is 104 Å². The second-order valence-electron chi connectivity index (χ2n) is 33.3. The normalized spacial score (nSPS) is 28.1. The Morgan fingerprint density at radius 2 is 0.515 bits per heavy atom. The van der Waals surface area contributed by atoms with Crippen LogP contribution in [0, 0.1) is 11.8 Å². The van der Waals surface area contributed by atoms with Crippen LogP contribution in [0.5, 0.6) is 0 Å². The molecule has 10 saturated heterocycles. The van der Waals surface area contributed by atoms with E-state index in [1.165, 1.54) is 48.6 Å². The van der Waals surface area contributed by atoms with E-state index >= 15 is 0 Å². The molecule has 0 N–H and O–H groups in total. The Balaban J connectivity index is 0.000000178. The monoisotopic (exact) mass is 1900 g/mol. The maximum atomic E-state index is 10.5. The number of hydrogen-bond donors (Lipinski definition) is 0. The summed E-state index contributed by atoms with van der Waals surface area (Å²) in [5.41, 5.74) is 2.02. The molecule has 42 nitrogen and oxygen atoms in total. The van der Waals surface area contributed by atoms with Gasteiger partial charge in [0.25, 0.3) is 0 Å². The molecule has 0 bridgehead atoms. The van der Waals surface area contributed by atoms with Crippen LogP contribution in [0.3, 0.4) is 0 Å². The Morgan fingerprint density at radius 3 is 0.794 bits per heavy atom. The minimum atomic E-state index is -0.393. The van der Waals surface area contributed by atoms with E-state index < -0.39 is 12.2 Å². The van der Waals surface area contributed by atoms with Crippen molar-refractivity contribution in [2.45, 2.75) is 238 Å². The third-order valence-corrected chi connectivity index (χ3v) is 23.5. The van der Waals surface area contributed by atoms with E-state index in [0.29, 0.717) is 208 Å². The van der Waals surface area contributed by atoms with E-state index in [1.807, 2.05) is 100 Å². The van der Waals surface area contributed by atoms with Gasteiger partial charge < -0.3 is 104 Å². The summed E-state index contributed by atoms with van der Waals surface area (Å²) in [5, 5.41) is 0. The van der Waals surface area contributed by atoms with Crippen LogP contribution in [0.25, 0.3) is 0 Å². The molecule has 12 heterocycles. The second-order valence-corrected chi connectivity index (χ2v) is 33.3. The number of furan rings is 2. The standard InChI is InChI=1S/C26H28N2O6.C22H24N2O8.2C16H24N2O6.C14H20N2O6/c29-17-27-13-11-21(19-7-3-1-4-8-19)33-23-15-31-26-24(16-32-25(23)26)34-22(12-14-28-18-30)20-9-5-2-6-10-20;25-13-23-7-5-17(15-3-1-9-27-15)31-19-11-29-22-20(12-30-21(19)22)32-18(6-8-24-14-26)16-4-2-10-28-16;1-11(3-17-9-19)5-21-13-7-23-16-14(8-24-15(13)16)22-6-12(2)4-18-10-20;1-11(3-5-17-9-19)23-13-7-21-16-14(8-22-15(13)16)24-12(2)4-6-18-10-20;17-9-15-3-1-5-19-11-7-21-14-12(8-22-13(11)14)20-6-2-4-16-10-18/h1-10,21-26H,11-16H2;1-4,9-10,17-22H,5-8,11-12H2;2*11-16H,3-8H2,1-2H3;11-14H,1-8H2/t21?,22?,23-,24-,25?,26?;17?,18?,19-,20-,21?,22?;2*11?,12?,13-,14-,15?,16?;11-,12-,13?,14?/m00000/s1. The van der Waals surface area contributed by atoms with Crippen molar-refractivity contribution in [2.24, 2.45) is 61.8 Å². The van der Waals surface area contributed by atoms with E-state index in [0.717, 1.165) is 11.1 Å². The summed E-state index contributed by atoms with van der Waals surface area (Å²) < 4.78 is 130. The second kappa shape index (κ2) is 62.0. The van der Waals surface area contributed by atoms with Gasteiger partial charge in [-0.05, 0) is 99.6 Å². The van der Waals surface area contributed by atoms with Crippen LogP contribution in [-0.2, 0) is 143 Å². The molecule has 18 unspecified atom stereocenters. The largest absolute Gasteiger partial charge is 0.467 e.